The first-order valence-electron chi connectivity index (χ1n) is 10.6. The summed E-state index contributed by atoms with van der Waals surface area (Å²) in [7, 11) is 0. The van der Waals surface area contributed by atoms with E-state index in [0.29, 0.717) is 11.4 Å². The molecule has 0 aromatic heterocycles. The van der Waals surface area contributed by atoms with Crippen LogP contribution in [0.1, 0.15) is 34.1 Å². The molecule has 5 heteroatoms. The van der Waals surface area contributed by atoms with E-state index >= 15 is 0 Å². The van der Waals surface area contributed by atoms with Gasteiger partial charge in [0.25, 0.3) is 0 Å². The number of imide groups is 1. The lowest BCUT2D eigenvalue weighted by Crippen LogP contribution is -2.41. The van der Waals surface area contributed by atoms with Gasteiger partial charge in [-0.3, -0.25) is 9.59 Å². The maximum atomic E-state index is 13.7. The molecule has 1 fully saturated rings. The second kappa shape index (κ2) is 6.76. The highest BCUT2D eigenvalue weighted by molar-refractivity contribution is 6.23. The van der Waals surface area contributed by atoms with Gasteiger partial charge in [0.05, 0.1) is 17.5 Å². The van der Waals surface area contributed by atoms with Crippen molar-refractivity contribution >= 4 is 23.5 Å². The number of amides is 2. The van der Waals surface area contributed by atoms with Crippen molar-refractivity contribution in [3.8, 4) is 5.75 Å². The van der Waals surface area contributed by atoms with Crippen molar-refractivity contribution in [1.29, 1.82) is 0 Å². The molecular weight excluding hydrogens is 402 g/mol. The fourth-order valence-corrected chi connectivity index (χ4v) is 5.75. The number of carbonyl (C=O) groups excluding carboxylic acids is 3. The molecule has 3 aromatic rings. The molecule has 1 saturated heterocycles. The summed E-state index contributed by atoms with van der Waals surface area (Å²) in [5.41, 5.74) is 5.07. The Morgan fingerprint density at radius 2 is 1.19 bits per heavy atom. The van der Waals surface area contributed by atoms with Crippen LogP contribution in [0.25, 0.3) is 0 Å². The van der Waals surface area contributed by atoms with E-state index in [9.17, 15) is 14.4 Å². The zero-order chi connectivity index (χ0) is 22.0. The lowest BCUT2D eigenvalue weighted by molar-refractivity contribution is -0.129. The van der Waals surface area contributed by atoms with Crippen LogP contribution in [-0.4, -0.2) is 17.8 Å². The number of hydrogen-bond donors (Lipinski definition) is 0. The van der Waals surface area contributed by atoms with Crippen molar-refractivity contribution < 1.29 is 19.1 Å². The van der Waals surface area contributed by atoms with Gasteiger partial charge in [-0.1, -0.05) is 55.1 Å². The molecule has 0 N–H and O–H groups in total. The minimum atomic E-state index is -0.566. The van der Waals surface area contributed by atoms with Crippen molar-refractivity contribution in [2.75, 3.05) is 4.90 Å². The molecule has 2 bridgehead atoms. The van der Waals surface area contributed by atoms with E-state index in [4.69, 9.17) is 4.74 Å². The molecule has 0 radical (unpaired) electrons. The van der Waals surface area contributed by atoms with Gasteiger partial charge in [0.2, 0.25) is 11.8 Å². The van der Waals surface area contributed by atoms with Gasteiger partial charge in [0.1, 0.15) is 5.75 Å². The van der Waals surface area contributed by atoms with Gasteiger partial charge in [-0.05, 0) is 46.5 Å². The Labute approximate surface area is 184 Å². The lowest BCUT2D eigenvalue weighted by Gasteiger charge is -2.45. The standard InChI is InChI=1S/C27H19NO4/c1-2-21(29)32-16-13-11-15(12-14-16)28-26(30)24-22-17-7-3-4-8-18(17)23(25(24)27(28)31)20-10-6-5-9-19(20)22/h2-14,22-25H,1H2. The van der Waals surface area contributed by atoms with E-state index in [0.717, 1.165) is 28.3 Å². The Hall–Kier alpha value is -3.99. The fraction of sp³-hybridized carbons (Fsp3) is 0.148. The highest BCUT2D eigenvalue weighted by Crippen LogP contribution is 2.61. The van der Waals surface area contributed by atoms with E-state index in [1.807, 2.05) is 24.3 Å². The third-order valence-electron chi connectivity index (χ3n) is 6.93. The normalized spacial score (nSPS) is 24.6. The number of ether oxygens (including phenoxy) is 1. The Bertz CT molecular complexity index is 1190. The summed E-state index contributed by atoms with van der Waals surface area (Å²) < 4.78 is 5.11. The maximum Gasteiger partial charge on any atom is 0.335 e. The van der Waals surface area contributed by atoms with Crippen molar-refractivity contribution in [2.24, 2.45) is 11.8 Å². The molecule has 1 aliphatic heterocycles. The third kappa shape index (κ3) is 2.42. The smallest absolute Gasteiger partial charge is 0.335 e. The fourth-order valence-electron chi connectivity index (χ4n) is 5.75. The van der Waals surface area contributed by atoms with Gasteiger partial charge in [-0.25, -0.2) is 9.69 Å². The number of carbonyl (C=O) groups is 3. The molecule has 32 heavy (non-hydrogen) atoms. The van der Waals surface area contributed by atoms with Crippen molar-refractivity contribution in [2.45, 2.75) is 11.8 Å². The second-order valence-electron chi connectivity index (χ2n) is 8.40. The van der Waals surface area contributed by atoms with Gasteiger partial charge in [0, 0.05) is 17.9 Å². The van der Waals surface area contributed by atoms with E-state index < -0.39 is 17.8 Å². The SMILES string of the molecule is C=CC(=O)Oc1ccc(N2C(=O)C3C4c5ccccc5C(c5ccccc54)C3C2=O)cc1. The zero-order valence-electron chi connectivity index (χ0n) is 17.1. The van der Waals surface area contributed by atoms with Crippen molar-refractivity contribution in [1.82, 2.24) is 0 Å². The Balaban J connectivity index is 1.43. The topological polar surface area (TPSA) is 63.7 Å². The average molecular weight is 421 g/mol. The summed E-state index contributed by atoms with van der Waals surface area (Å²) in [6, 6.07) is 22.8. The van der Waals surface area contributed by atoms with Crippen LogP contribution in [0.5, 0.6) is 5.75 Å². The van der Waals surface area contributed by atoms with Crippen LogP contribution in [0.2, 0.25) is 0 Å². The van der Waals surface area contributed by atoms with Crippen LogP contribution in [0.15, 0.2) is 85.5 Å². The van der Waals surface area contributed by atoms with Crippen LogP contribution in [0, 0.1) is 11.8 Å². The summed E-state index contributed by atoms with van der Waals surface area (Å²) in [4.78, 5) is 40.1. The molecule has 1 heterocycles. The Morgan fingerprint density at radius 1 is 0.750 bits per heavy atom. The minimum Gasteiger partial charge on any atom is -0.423 e. The number of benzene rings is 3. The van der Waals surface area contributed by atoms with E-state index in [2.05, 4.69) is 30.8 Å². The molecule has 0 spiro atoms. The van der Waals surface area contributed by atoms with Crippen LogP contribution < -0.4 is 9.64 Å². The van der Waals surface area contributed by atoms with Crippen LogP contribution in [0.4, 0.5) is 5.69 Å². The summed E-state index contributed by atoms with van der Waals surface area (Å²) in [5.74, 6) is -1.69. The Morgan fingerprint density at radius 3 is 1.59 bits per heavy atom. The van der Waals surface area contributed by atoms with E-state index in [1.165, 1.54) is 4.90 Å². The number of esters is 1. The summed E-state index contributed by atoms with van der Waals surface area (Å²) in [6.07, 6.45) is 1.08. The molecular formula is C27H19NO4. The number of rotatable bonds is 3. The predicted octanol–water partition coefficient (Wildman–Crippen LogP) is 4.17. The van der Waals surface area contributed by atoms with Gasteiger partial charge in [0.15, 0.2) is 0 Å². The molecule has 2 amide bonds. The summed E-state index contributed by atoms with van der Waals surface area (Å²) >= 11 is 0. The van der Waals surface area contributed by atoms with Crippen molar-refractivity contribution in [3.63, 3.8) is 0 Å². The maximum absolute atomic E-state index is 13.7. The molecule has 2 atom stereocenters. The number of anilines is 1. The Kier molecular flexibility index (Phi) is 3.96. The van der Waals surface area contributed by atoms with Gasteiger partial charge >= 0.3 is 5.97 Å². The van der Waals surface area contributed by atoms with E-state index in [1.54, 1.807) is 24.3 Å². The third-order valence-corrected chi connectivity index (χ3v) is 6.93. The first-order valence-corrected chi connectivity index (χ1v) is 10.6. The summed E-state index contributed by atoms with van der Waals surface area (Å²) in [6.45, 7) is 3.38. The quantitative estimate of drug-likeness (QED) is 0.276. The molecule has 156 valence electrons. The zero-order valence-corrected chi connectivity index (χ0v) is 17.1. The molecule has 2 unspecified atom stereocenters. The van der Waals surface area contributed by atoms with E-state index in [-0.39, 0.29) is 23.7 Å². The van der Waals surface area contributed by atoms with Crippen LogP contribution in [0.3, 0.4) is 0 Å². The van der Waals surface area contributed by atoms with Crippen molar-refractivity contribution in [3.05, 3.63) is 108 Å². The van der Waals surface area contributed by atoms with Gasteiger partial charge in [-0.2, -0.15) is 0 Å². The first-order chi connectivity index (χ1) is 15.6. The average Bonchev–Trinajstić information content (AvgIpc) is 3.10. The summed E-state index contributed by atoms with van der Waals surface area (Å²) in [5, 5.41) is 0. The second-order valence-corrected chi connectivity index (χ2v) is 8.40. The largest absolute Gasteiger partial charge is 0.423 e. The van der Waals surface area contributed by atoms with Crippen LogP contribution in [-0.2, 0) is 14.4 Å². The van der Waals surface area contributed by atoms with Gasteiger partial charge < -0.3 is 4.74 Å². The predicted molar refractivity (Wildman–Crippen MR) is 118 cm³/mol. The highest BCUT2D eigenvalue weighted by atomic mass is 16.5. The first kappa shape index (κ1) is 18.8. The monoisotopic (exact) mass is 421 g/mol. The van der Waals surface area contributed by atoms with Gasteiger partial charge in [-0.15, -0.1) is 0 Å². The highest BCUT2D eigenvalue weighted by Gasteiger charge is 2.61. The number of hydrogen-bond acceptors (Lipinski definition) is 4. The molecule has 3 aliphatic carbocycles. The minimum absolute atomic E-state index is 0.133. The molecule has 5 nitrogen and oxygen atoms in total. The molecule has 3 aromatic carbocycles. The number of nitrogens with zero attached hydrogens (tertiary/aromatic N) is 1. The molecule has 4 aliphatic rings. The lowest BCUT2D eigenvalue weighted by atomic mass is 9.55. The van der Waals surface area contributed by atoms with Crippen LogP contribution >= 0.6 is 0 Å². The molecule has 0 saturated carbocycles. The molecule has 7 rings (SSSR count).